The van der Waals surface area contributed by atoms with Gasteiger partial charge in [-0.25, -0.2) is 8.42 Å². The van der Waals surface area contributed by atoms with Gasteiger partial charge < -0.3 is 11.1 Å². The molecule has 0 fully saturated rings. The normalized spacial score (nSPS) is 13.5. The van der Waals surface area contributed by atoms with Crippen LogP contribution in [0, 0.1) is 17.2 Å². The minimum Gasteiger partial charge on any atom is -0.365 e. The molecule has 2 atom stereocenters. The van der Waals surface area contributed by atoms with E-state index in [0.717, 1.165) is 25.5 Å². The summed E-state index contributed by atoms with van der Waals surface area (Å²) in [5.74, 6) is -0.614. The number of amides is 1. The van der Waals surface area contributed by atoms with Crippen molar-refractivity contribution < 1.29 is 13.2 Å². The summed E-state index contributed by atoms with van der Waals surface area (Å²) in [6, 6.07) is 8.20. The maximum Gasteiger partial charge on any atom is 0.254 e. The van der Waals surface area contributed by atoms with Crippen LogP contribution in [0.2, 0.25) is 0 Å². The van der Waals surface area contributed by atoms with E-state index >= 15 is 0 Å². The van der Waals surface area contributed by atoms with Gasteiger partial charge in [-0.1, -0.05) is 19.8 Å². The molecule has 0 aliphatic heterocycles. The molecule has 8 nitrogen and oxygen atoms in total. The van der Waals surface area contributed by atoms with E-state index in [-0.39, 0.29) is 28.2 Å². The summed E-state index contributed by atoms with van der Waals surface area (Å²) in [6.45, 7) is 3.95. The lowest BCUT2D eigenvalue weighted by Crippen LogP contribution is -2.16. The molecule has 3 N–H and O–H groups in total. The van der Waals surface area contributed by atoms with Gasteiger partial charge in [-0.05, 0) is 37.6 Å². The lowest BCUT2D eigenvalue weighted by Gasteiger charge is -2.17. The van der Waals surface area contributed by atoms with E-state index in [4.69, 9.17) is 5.73 Å². The third-order valence-electron chi connectivity index (χ3n) is 4.58. The molecule has 1 amide bonds. The summed E-state index contributed by atoms with van der Waals surface area (Å²) in [5, 5.41) is 16.9. The molecule has 28 heavy (non-hydrogen) atoms. The first kappa shape index (κ1) is 21.4. The van der Waals surface area contributed by atoms with Crippen LogP contribution in [0.25, 0.3) is 0 Å². The van der Waals surface area contributed by atoms with Crippen LogP contribution >= 0.6 is 0 Å². The van der Waals surface area contributed by atoms with Crippen molar-refractivity contribution in [1.82, 2.24) is 9.78 Å². The van der Waals surface area contributed by atoms with Crippen LogP contribution in [-0.2, 0) is 9.84 Å². The lowest BCUT2D eigenvalue weighted by atomic mass is 9.97. The molecule has 150 valence electrons. The second-order valence-corrected chi connectivity index (χ2v) is 8.79. The number of unbranched alkanes of at least 4 members (excludes halogenated alkanes) is 1. The molecule has 2 rings (SSSR count). The predicted molar refractivity (Wildman–Crippen MR) is 107 cm³/mol. The van der Waals surface area contributed by atoms with Crippen molar-refractivity contribution in [3.05, 3.63) is 36.0 Å². The number of primary amides is 1. The second kappa shape index (κ2) is 8.89. The minimum absolute atomic E-state index is 0.195. The van der Waals surface area contributed by atoms with E-state index < -0.39 is 15.7 Å². The summed E-state index contributed by atoms with van der Waals surface area (Å²) in [5.41, 5.74) is 6.24. The van der Waals surface area contributed by atoms with Crippen molar-refractivity contribution in [2.24, 2.45) is 11.7 Å². The molecule has 0 bridgehead atoms. The van der Waals surface area contributed by atoms with Gasteiger partial charge in [-0.2, -0.15) is 10.4 Å². The average Bonchev–Trinajstić information content (AvgIpc) is 3.06. The first-order chi connectivity index (χ1) is 13.2. The molecule has 1 aromatic heterocycles. The molecule has 0 unspecified atom stereocenters. The van der Waals surface area contributed by atoms with E-state index in [1.165, 1.54) is 18.3 Å². The average molecular weight is 404 g/mol. The largest absolute Gasteiger partial charge is 0.365 e. The Morgan fingerprint density at radius 2 is 2.00 bits per heavy atom. The number of nitrogens with one attached hydrogen (secondary N) is 1. The number of nitrogens with zero attached hydrogens (tertiary/aromatic N) is 3. The Bertz CT molecular complexity index is 974. The van der Waals surface area contributed by atoms with Crippen molar-refractivity contribution in [2.45, 2.75) is 44.0 Å². The highest BCUT2D eigenvalue weighted by Crippen LogP contribution is 2.26. The fraction of sp³-hybridized carbons (Fsp3) is 0.421. The summed E-state index contributed by atoms with van der Waals surface area (Å²) in [7, 11) is -3.29. The number of hydrogen-bond acceptors (Lipinski definition) is 6. The van der Waals surface area contributed by atoms with Crippen molar-refractivity contribution in [2.75, 3.05) is 11.6 Å². The zero-order valence-electron chi connectivity index (χ0n) is 16.2. The highest BCUT2D eigenvalue weighted by atomic mass is 32.2. The number of nitriles is 1. The van der Waals surface area contributed by atoms with Gasteiger partial charge in [0.2, 0.25) is 0 Å². The summed E-state index contributed by atoms with van der Waals surface area (Å²) in [4.78, 5) is 12.0. The van der Waals surface area contributed by atoms with Gasteiger partial charge in [0.05, 0.1) is 22.9 Å². The SMILES string of the molecule is CCCC[C@@H](C#N)[C@@H](C)n1cc(C(N)=O)c(Nc2ccc(S(C)(=O)=O)cc2)n1. The molecule has 0 aliphatic rings. The number of carbonyl (C=O) groups excluding carboxylic acids is 1. The molecule has 0 saturated heterocycles. The van der Waals surface area contributed by atoms with Crippen molar-refractivity contribution >= 4 is 27.2 Å². The third-order valence-corrected chi connectivity index (χ3v) is 5.71. The molecule has 0 aliphatic carbocycles. The zero-order chi connectivity index (χ0) is 20.9. The van der Waals surface area contributed by atoms with Gasteiger partial charge in [-0.3, -0.25) is 9.48 Å². The van der Waals surface area contributed by atoms with E-state index in [1.807, 2.05) is 6.92 Å². The molecule has 0 spiro atoms. The van der Waals surface area contributed by atoms with Crippen molar-refractivity contribution in [3.63, 3.8) is 0 Å². The molecule has 1 aromatic carbocycles. The van der Waals surface area contributed by atoms with Gasteiger partial charge in [0.25, 0.3) is 5.91 Å². The number of aromatic nitrogens is 2. The van der Waals surface area contributed by atoms with E-state index in [9.17, 15) is 18.5 Å². The number of rotatable bonds is 9. The molecule has 0 saturated carbocycles. The number of nitrogens with two attached hydrogens (primary N) is 1. The smallest absolute Gasteiger partial charge is 0.254 e. The maximum absolute atomic E-state index is 11.8. The number of anilines is 2. The van der Waals surface area contributed by atoms with Gasteiger partial charge in [0, 0.05) is 18.1 Å². The minimum atomic E-state index is -3.29. The van der Waals surface area contributed by atoms with Crippen molar-refractivity contribution in [1.29, 1.82) is 5.26 Å². The third kappa shape index (κ3) is 5.10. The molecule has 1 heterocycles. The van der Waals surface area contributed by atoms with E-state index in [2.05, 4.69) is 23.4 Å². The van der Waals surface area contributed by atoms with Crippen LogP contribution in [-0.4, -0.2) is 30.4 Å². The fourth-order valence-electron chi connectivity index (χ4n) is 2.82. The standard InChI is InChI=1S/C19H25N5O3S/c1-4-5-6-14(11-20)13(2)24-12-17(18(21)25)19(23-24)22-15-7-9-16(10-8-15)28(3,26)27/h7-10,12-14H,4-6H2,1-3H3,(H2,21,25)(H,22,23)/t13-,14+/m1/s1. The van der Waals surface area contributed by atoms with Gasteiger partial charge in [-0.15, -0.1) is 0 Å². The molecular weight excluding hydrogens is 378 g/mol. The van der Waals surface area contributed by atoms with Crippen LogP contribution in [0.5, 0.6) is 0 Å². The first-order valence-corrected chi connectivity index (χ1v) is 10.9. The number of sulfone groups is 1. The predicted octanol–water partition coefficient (Wildman–Crippen LogP) is 3.02. The Morgan fingerprint density at radius 1 is 1.36 bits per heavy atom. The van der Waals surface area contributed by atoms with Gasteiger partial charge in [0.15, 0.2) is 15.7 Å². The molecular formula is C19H25N5O3S. The maximum atomic E-state index is 11.8. The van der Waals surface area contributed by atoms with Gasteiger partial charge >= 0.3 is 0 Å². The summed E-state index contributed by atoms with van der Waals surface area (Å²) >= 11 is 0. The van der Waals surface area contributed by atoms with E-state index in [1.54, 1.807) is 16.8 Å². The lowest BCUT2D eigenvalue weighted by molar-refractivity contribution is 0.100. The summed E-state index contributed by atoms with van der Waals surface area (Å²) < 4.78 is 24.7. The quantitative estimate of drug-likeness (QED) is 0.661. The highest BCUT2D eigenvalue weighted by Gasteiger charge is 2.22. The first-order valence-electron chi connectivity index (χ1n) is 9.03. The van der Waals surface area contributed by atoms with Gasteiger partial charge in [0.1, 0.15) is 5.56 Å². The topological polar surface area (TPSA) is 131 Å². The zero-order valence-corrected chi connectivity index (χ0v) is 17.0. The fourth-order valence-corrected chi connectivity index (χ4v) is 3.45. The van der Waals surface area contributed by atoms with Crippen LogP contribution in [0.15, 0.2) is 35.4 Å². The number of carbonyl (C=O) groups is 1. The highest BCUT2D eigenvalue weighted by molar-refractivity contribution is 7.90. The Balaban J connectivity index is 2.30. The van der Waals surface area contributed by atoms with Crippen LogP contribution < -0.4 is 11.1 Å². The summed E-state index contributed by atoms with van der Waals surface area (Å²) in [6.07, 6.45) is 5.34. The monoisotopic (exact) mass is 403 g/mol. The molecule has 9 heteroatoms. The Hall–Kier alpha value is -2.86. The molecule has 0 radical (unpaired) electrons. The van der Waals surface area contributed by atoms with Crippen LogP contribution in [0.1, 0.15) is 49.5 Å². The number of benzene rings is 1. The van der Waals surface area contributed by atoms with E-state index in [0.29, 0.717) is 5.69 Å². The number of hydrogen-bond donors (Lipinski definition) is 2. The van der Waals surface area contributed by atoms with Crippen LogP contribution in [0.4, 0.5) is 11.5 Å². The Labute approximate surface area is 165 Å². The van der Waals surface area contributed by atoms with Crippen LogP contribution in [0.3, 0.4) is 0 Å². The Morgan fingerprint density at radius 3 is 2.50 bits per heavy atom. The van der Waals surface area contributed by atoms with Crippen molar-refractivity contribution in [3.8, 4) is 6.07 Å². The second-order valence-electron chi connectivity index (χ2n) is 6.78. The Kier molecular flexibility index (Phi) is 6.80. The molecule has 2 aromatic rings.